The molecule has 2 unspecified atom stereocenters. The van der Waals surface area contributed by atoms with Gasteiger partial charge in [0.25, 0.3) is 0 Å². The summed E-state index contributed by atoms with van der Waals surface area (Å²) in [5.41, 5.74) is 0.945. The average Bonchev–Trinajstić information content (AvgIpc) is 2.84. The van der Waals surface area contributed by atoms with Crippen LogP contribution in [0.5, 0.6) is 0 Å². The van der Waals surface area contributed by atoms with Crippen molar-refractivity contribution in [3.05, 3.63) is 23.9 Å². The molecular weight excluding hydrogens is 238 g/mol. The van der Waals surface area contributed by atoms with Crippen LogP contribution < -0.4 is 4.90 Å². The second-order valence-electron chi connectivity index (χ2n) is 5.88. The highest BCUT2D eigenvalue weighted by Gasteiger charge is 2.35. The SMILES string of the molecule is CC1CN2CCCC2CN1c1ncccc1[C@H](C)O. The van der Waals surface area contributed by atoms with E-state index in [0.29, 0.717) is 12.1 Å². The van der Waals surface area contributed by atoms with Crippen LogP contribution in [0.4, 0.5) is 5.82 Å². The minimum Gasteiger partial charge on any atom is -0.389 e. The van der Waals surface area contributed by atoms with Crippen LogP contribution in [0.2, 0.25) is 0 Å². The van der Waals surface area contributed by atoms with Gasteiger partial charge in [0.1, 0.15) is 5.82 Å². The molecule has 2 aliphatic heterocycles. The summed E-state index contributed by atoms with van der Waals surface area (Å²) in [6.07, 6.45) is 3.98. The molecule has 3 rings (SSSR count). The van der Waals surface area contributed by atoms with E-state index in [2.05, 4.69) is 21.7 Å². The van der Waals surface area contributed by atoms with Gasteiger partial charge in [-0.25, -0.2) is 4.98 Å². The molecule has 3 atom stereocenters. The first kappa shape index (κ1) is 12.9. The molecule has 2 aliphatic rings. The van der Waals surface area contributed by atoms with Gasteiger partial charge in [0.05, 0.1) is 6.10 Å². The number of anilines is 1. The second kappa shape index (κ2) is 5.10. The summed E-state index contributed by atoms with van der Waals surface area (Å²) in [5, 5.41) is 9.93. The summed E-state index contributed by atoms with van der Waals surface area (Å²) >= 11 is 0. The molecule has 0 spiro atoms. The molecule has 1 N–H and O–H groups in total. The molecule has 0 bridgehead atoms. The average molecular weight is 261 g/mol. The van der Waals surface area contributed by atoms with Crippen LogP contribution in [0.1, 0.15) is 38.4 Å². The van der Waals surface area contributed by atoms with Crippen molar-refractivity contribution in [3.8, 4) is 0 Å². The lowest BCUT2D eigenvalue weighted by Gasteiger charge is -2.43. The molecule has 4 heteroatoms. The first-order valence-electron chi connectivity index (χ1n) is 7.30. The quantitative estimate of drug-likeness (QED) is 0.881. The first-order chi connectivity index (χ1) is 9.16. The zero-order valence-electron chi connectivity index (χ0n) is 11.8. The first-order valence-corrected chi connectivity index (χ1v) is 7.30. The number of nitrogens with zero attached hydrogens (tertiary/aromatic N) is 3. The highest BCUT2D eigenvalue weighted by atomic mass is 16.3. The van der Waals surface area contributed by atoms with Gasteiger partial charge in [-0.1, -0.05) is 6.07 Å². The highest BCUT2D eigenvalue weighted by Crippen LogP contribution is 2.31. The monoisotopic (exact) mass is 261 g/mol. The minimum absolute atomic E-state index is 0.460. The topological polar surface area (TPSA) is 39.6 Å². The van der Waals surface area contributed by atoms with Crippen LogP contribution in [0.25, 0.3) is 0 Å². The third-order valence-electron chi connectivity index (χ3n) is 4.48. The Labute approximate surface area is 115 Å². The van der Waals surface area contributed by atoms with Crippen molar-refractivity contribution < 1.29 is 5.11 Å². The smallest absolute Gasteiger partial charge is 0.134 e. The number of hydrogen-bond donors (Lipinski definition) is 1. The van der Waals surface area contributed by atoms with Gasteiger partial charge in [-0.3, -0.25) is 4.90 Å². The largest absolute Gasteiger partial charge is 0.389 e. The zero-order valence-corrected chi connectivity index (χ0v) is 11.8. The molecule has 2 fully saturated rings. The number of pyridine rings is 1. The fourth-order valence-corrected chi connectivity index (χ4v) is 3.46. The van der Waals surface area contributed by atoms with Crippen molar-refractivity contribution in [1.82, 2.24) is 9.88 Å². The van der Waals surface area contributed by atoms with Crippen LogP contribution in [0.3, 0.4) is 0 Å². The van der Waals surface area contributed by atoms with E-state index in [4.69, 9.17) is 0 Å². The molecule has 19 heavy (non-hydrogen) atoms. The normalized spacial score (nSPS) is 29.3. The highest BCUT2D eigenvalue weighted by molar-refractivity contribution is 5.49. The fourth-order valence-electron chi connectivity index (χ4n) is 3.46. The summed E-state index contributed by atoms with van der Waals surface area (Å²) in [5.74, 6) is 0.969. The maximum atomic E-state index is 9.93. The van der Waals surface area contributed by atoms with Gasteiger partial charge in [-0.05, 0) is 39.3 Å². The Morgan fingerprint density at radius 2 is 2.26 bits per heavy atom. The van der Waals surface area contributed by atoms with E-state index in [1.807, 2.05) is 25.3 Å². The lowest BCUT2D eigenvalue weighted by molar-refractivity contribution is 0.191. The van der Waals surface area contributed by atoms with Crippen molar-refractivity contribution in [1.29, 1.82) is 0 Å². The predicted octanol–water partition coefficient (Wildman–Crippen LogP) is 1.81. The van der Waals surface area contributed by atoms with Crippen molar-refractivity contribution in [2.45, 2.75) is 44.9 Å². The number of aromatic nitrogens is 1. The lowest BCUT2D eigenvalue weighted by Crippen LogP contribution is -2.55. The molecular formula is C15H23N3O. The molecule has 4 nitrogen and oxygen atoms in total. The van der Waals surface area contributed by atoms with E-state index in [-0.39, 0.29) is 0 Å². The Balaban J connectivity index is 1.89. The number of rotatable bonds is 2. The van der Waals surface area contributed by atoms with E-state index >= 15 is 0 Å². The molecule has 1 aromatic heterocycles. The predicted molar refractivity (Wildman–Crippen MR) is 76.3 cm³/mol. The minimum atomic E-state index is -0.461. The van der Waals surface area contributed by atoms with Crippen LogP contribution in [-0.2, 0) is 0 Å². The Hall–Kier alpha value is -1.13. The van der Waals surface area contributed by atoms with Crippen LogP contribution in [0, 0.1) is 0 Å². The molecule has 0 aliphatic carbocycles. The van der Waals surface area contributed by atoms with Crippen molar-refractivity contribution in [3.63, 3.8) is 0 Å². The lowest BCUT2D eigenvalue weighted by atomic mass is 10.1. The molecule has 0 radical (unpaired) electrons. The van der Waals surface area contributed by atoms with Crippen molar-refractivity contribution >= 4 is 5.82 Å². The zero-order chi connectivity index (χ0) is 13.4. The molecule has 1 aromatic rings. The van der Waals surface area contributed by atoms with E-state index in [0.717, 1.165) is 24.5 Å². The van der Waals surface area contributed by atoms with Gasteiger partial charge in [-0.15, -0.1) is 0 Å². The van der Waals surface area contributed by atoms with Crippen LogP contribution in [-0.4, -0.2) is 46.7 Å². The molecule has 2 saturated heterocycles. The summed E-state index contributed by atoms with van der Waals surface area (Å²) in [6, 6.07) is 5.02. The van der Waals surface area contributed by atoms with E-state index in [1.54, 1.807) is 0 Å². The summed E-state index contributed by atoms with van der Waals surface area (Å²) < 4.78 is 0. The molecule has 0 amide bonds. The molecule has 104 valence electrons. The molecule has 3 heterocycles. The van der Waals surface area contributed by atoms with Crippen molar-refractivity contribution in [2.75, 3.05) is 24.5 Å². The van der Waals surface area contributed by atoms with Gasteiger partial charge in [-0.2, -0.15) is 0 Å². The third kappa shape index (κ3) is 2.35. The number of hydrogen-bond acceptors (Lipinski definition) is 4. The third-order valence-corrected chi connectivity index (χ3v) is 4.48. The second-order valence-corrected chi connectivity index (χ2v) is 5.88. The summed E-state index contributed by atoms with van der Waals surface area (Å²) in [4.78, 5) is 9.52. The maximum Gasteiger partial charge on any atom is 0.134 e. The van der Waals surface area contributed by atoms with E-state index in [1.165, 1.54) is 19.4 Å². The van der Waals surface area contributed by atoms with E-state index in [9.17, 15) is 5.11 Å². The van der Waals surface area contributed by atoms with Gasteiger partial charge in [0.15, 0.2) is 0 Å². The van der Waals surface area contributed by atoms with Crippen LogP contribution >= 0.6 is 0 Å². The Bertz CT molecular complexity index is 449. The van der Waals surface area contributed by atoms with E-state index < -0.39 is 6.10 Å². The number of aliphatic hydroxyl groups excluding tert-OH is 1. The van der Waals surface area contributed by atoms with Crippen LogP contribution in [0.15, 0.2) is 18.3 Å². The fraction of sp³-hybridized carbons (Fsp3) is 0.667. The molecule has 0 saturated carbocycles. The summed E-state index contributed by atoms with van der Waals surface area (Å²) in [7, 11) is 0. The number of fused-ring (bicyclic) bond motifs is 1. The van der Waals surface area contributed by atoms with Crippen molar-refractivity contribution in [2.24, 2.45) is 0 Å². The maximum absolute atomic E-state index is 9.93. The number of piperazine rings is 1. The van der Waals surface area contributed by atoms with Gasteiger partial charge in [0, 0.05) is 36.9 Å². The molecule has 0 aromatic carbocycles. The van der Waals surface area contributed by atoms with Gasteiger partial charge < -0.3 is 10.0 Å². The number of aliphatic hydroxyl groups is 1. The standard InChI is InChI=1S/C15H23N3O/c1-11-9-17-8-4-5-13(17)10-18(11)15-14(12(2)19)6-3-7-16-15/h3,6-7,11-13,19H,4-5,8-10H2,1-2H3/t11?,12-,13?/m0/s1. The summed E-state index contributed by atoms with van der Waals surface area (Å²) in [6.45, 7) is 7.47. The Kier molecular flexibility index (Phi) is 3.46. The Morgan fingerprint density at radius 1 is 1.42 bits per heavy atom. The van der Waals surface area contributed by atoms with Gasteiger partial charge in [0.2, 0.25) is 0 Å². The Morgan fingerprint density at radius 3 is 3.05 bits per heavy atom. The van der Waals surface area contributed by atoms with Gasteiger partial charge >= 0.3 is 0 Å².